The third kappa shape index (κ3) is 4.31. The Balaban J connectivity index is 2.15. The van der Waals surface area contributed by atoms with E-state index in [1.54, 1.807) is 12.3 Å². The average Bonchev–Trinajstić information content (AvgIpc) is 2.58. The van der Waals surface area contributed by atoms with Gasteiger partial charge in [-0.15, -0.1) is 0 Å². The average molecular weight is 288 g/mol. The van der Waals surface area contributed by atoms with E-state index in [4.69, 9.17) is 5.11 Å². The van der Waals surface area contributed by atoms with E-state index < -0.39 is 5.97 Å². The van der Waals surface area contributed by atoms with Crippen molar-refractivity contribution in [1.29, 1.82) is 0 Å². The number of hydrogen-bond donors (Lipinski definition) is 1. The van der Waals surface area contributed by atoms with Crippen molar-refractivity contribution in [3.63, 3.8) is 0 Å². The van der Waals surface area contributed by atoms with E-state index >= 15 is 0 Å². The Bertz CT molecular complexity index is 550. The number of aryl methyl sites for hydroxylation is 1. The Morgan fingerprint density at radius 3 is 2.81 bits per heavy atom. The van der Waals surface area contributed by atoms with Crippen molar-refractivity contribution in [1.82, 2.24) is 4.98 Å². The van der Waals surface area contributed by atoms with Crippen LogP contribution in [0.4, 0.5) is 5.82 Å². The van der Waals surface area contributed by atoms with Gasteiger partial charge in [-0.25, -0.2) is 9.78 Å². The molecule has 114 valence electrons. The molecule has 2 rings (SSSR count). The van der Waals surface area contributed by atoms with Crippen LogP contribution >= 0.6 is 0 Å². The Kier molecular flexibility index (Phi) is 4.66. The highest BCUT2D eigenvalue weighted by molar-refractivity contribution is 5.85. The predicted molar refractivity (Wildman–Crippen MR) is 85.5 cm³/mol. The Morgan fingerprint density at radius 2 is 2.14 bits per heavy atom. The highest BCUT2D eigenvalue weighted by Gasteiger charge is 2.24. The first-order chi connectivity index (χ1) is 9.87. The van der Waals surface area contributed by atoms with Gasteiger partial charge >= 0.3 is 5.97 Å². The first-order valence-electron chi connectivity index (χ1n) is 7.50. The molecular formula is C17H24N2O2. The van der Waals surface area contributed by atoms with Gasteiger partial charge in [-0.2, -0.15) is 0 Å². The molecule has 4 nitrogen and oxygen atoms in total. The molecule has 0 aliphatic carbocycles. The van der Waals surface area contributed by atoms with E-state index in [0.717, 1.165) is 36.1 Å². The fourth-order valence-corrected chi connectivity index (χ4v) is 2.81. The molecule has 1 aliphatic rings. The summed E-state index contributed by atoms with van der Waals surface area (Å²) in [7, 11) is 0. The molecule has 1 aromatic heterocycles. The van der Waals surface area contributed by atoms with Gasteiger partial charge in [0.05, 0.1) is 0 Å². The highest BCUT2D eigenvalue weighted by Crippen LogP contribution is 2.32. The summed E-state index contributed by atoms with van der Waals surface area (Å²) in [5, 5.41) is 8.67. The topological polar surface area (TPSA) is 53.4 Å². The zero-order valence-electron chi connectivity index (χ0n) is 13.1. The Morgan fingerprint density at radius 1 is 1.38 bits per heavy atom. The first-order valence-corrected chi connectivity index (χ1v) is 7.50. The number of hydrogen-bond acceptors (Lipinski definition) is 3. The van der Waals surface area contributed by atoms with Gasteiger partial charge in [0.1, 0.15) is 5.82 Å². The maximum absolute atomic E-state index is 10.6. The van der Waals surface area contributed by atoms with Gasteiger partial charge in [0.15, 0.2) is 0 Å². The van der Waals surface area contributed by atoms with Crippen LogP contribution < -0.4 is 4.90 Å². The molecule has 0 unspecified atom stereocenters. The van der Waals surface area contributed by atoms with Crippen LogP contribution in [-0.2, 0) is 4.79 Å². The van der Waals surface area contributed by atoms with Crippen LogP contribution in [0.5, 0.6) is 0 Å². The van der Waals surface area contributed by atoms with Gasteiger partial charge in [0.25, 0.3) is 0 Å². The first kappa shape index (κ1) is 15.5. The number of aromatic nitrogens is 1. The molecular weight excluding hydrogens is 264 g/mol. The van der Waals surface area contributed by atoms with Crippen molar-refractivity contribution in [2.24, 2.45) is 5.41 Å². The molecule has 0 amide bonds. The second kappa shape index (κ2) is 6.29. The lowest BCUT2D eigenvalue weighted by Gasteiger charge is -2.25. The van der Waals surface area contributed by atoms with Crippen molar-refractivity contribution in [3.05, 3.63) is 29.5 Å². The van der Waals surface area contributed by atoms with Crippen LogP contribution in [0.1, 0.15) is 44.2 Å². The van der Waals surface area contributed by atoms with Crippen molar-refractivity contribution in [2.45, 2.75) is 40.0 Å². The van der Waals surface area contributed by atoms with E-state index in [-0.39, 0.29) is 0 Å². The number of pyridine rings is 1. The lowest BCUT2D eigenvalue weighted by molar-refractivity contribution is -0.131. The van der Waals surface area contributed by atoms with Gasteiger partial charge in [0, 0.05) is 25.4 Å². The van der Waals surface area contributed by atoms with Crippen LogP contribution in [0.25, 0.3) is 6.08 Å². The molecule has 0 atom stereocenters. The fraction of sp³-hybridized carbons (Fsp3) is 0.529. The number of carboxylic acids is 1. The molecule has 1 aromatic rings. The van der Waals surface area contributed by atoms with Crippen molar-refractivity contribution in [2.75, 3.05) is 18.0 Å². The normalized spacial score (nSPS) is 18.7. The maximum Gasteiger partial charge on any atom is 0.328 e. The second-order valence-corrected chi connectivity index (χ2v) is 6.59. The lowest BCUT2D eigenvalue weighted by Crippen LogP contribution is -2.26. The van der Waals surface area contributed by atoms with E-state index in [1.807, 2.05) is 13.0 Å². The zero-order chi connectivity index (χ0) is 15.5. The summed E-state index contributed by atoms with van der Waals surface area (Å²) < 4.78 is 0. The van der Waals surface area contributed by atoms with Crippen LogP contribution in [0.15, 0.2) is 18.3 Å². The summed E-state index contributed by atoms with van der Waals surface area (Å²) in [6.45, 7) is 8.77. The summed E-state index contributed by atoms with van der Waals surface area (Å²) in [6, 6.07) is 2.00. The van der Waals surface area contributed by atoms with Crippen molar-refractivity contribution < 1.29 is 9.90 Å². The van der Waals surface area contributed by atoms with Crippen molar-refractivity contribution in [3.8, 4) is 0 Å². The SMILES string of the molecule is Cc1cc(/C=C/C(=O)O)cnc1N1CCCC(C)(C)CC1. The maximum atomic E-state index is 10.6. The molecule has 0 radical (unpaired) electrons. The second-order valence-electron chi connectivity index (χ2n) is 6.59. The van der Waals surface area contributed by atoms with Crippen LogP contribution in [0.3, 0.4) is 0 Å². The van der Waals surface area contributed by atoms with E-state index in [1.165, 1.54) is 19.3 Å². The summed E-state index contributed by atoms with van der Waals surface area (Å²) >= 11 is 0. The van der Waals surface area contributed by atoms with Gasteiger partial charge in [-0.1, -0.05) is 13.8 Å². The van der Waals surface area contributed by atoms with Crippen LogP contribution in [-0.4, -0.2) is 29.1 Å². The predicted octanol–water partition coefficient (Wildman–Crippen LogP) is 3.50. The van der Waals surface area contributed by atoms with Gasteiger partial charge in [0.2, 0.25) is 0 Å². The number of carbonyl (C=O) groups is 1. The van der Waals surface area contributed by atoms with Crippen LogP contribution in [0.2, 0.25) is 0 Å². The fourth-order valence-electron chi connectivity index (χ4n) is 2.81. The number of carboxylic acid groups (broad SMARTS) is 1. The van der Waals surface area contributed by atoms with Gasteiger partial charge in [-0.05, 0) is 54.9 Å². The standard InChI is InChI=1S/C17H24N2O2/c1-13-11-14(5-6-15(20)21)12-18-16(13)19-9-4-7-17(2,3)8-10-19/h5-6,11-12H,4,7-10H2,1-3H3,(H,20,21)/b6-5+. The van der Waals surface area contributed by atoms with Gasteiger partial charge in [-0.3, -0.25) is 0 Å². The summed E-state index contributed by atoms with van der Waals surface area (Å²) in [5.41, 5.74) is 2.34. The minimum atomic E-state index is -0.938. The molecule has 1 N–H and O–H groups in total. The zero-order valence-corrected chi connectivity index (χ0v) is 13.1. The molecule has 21 heavy (non-hydrogen) atoms. The van der Waals surface area contributed by atoms with E-state index in [2.05, 4.69) is 23.7 Å². The van der Waals surface area contributed by atoms with Crippen molar-refractivity contribution >= 4 is 17.9 Å². The minimum Gasteiger partial charge on any atom is -0.478 e. The molecule has 1 fully saturated rings. The Labute approximate surface area is 126 Å². The highest BCUT2D eigenvalue weighted by atomic mass is 16.4. The third-order valence-electron chi connectivity index (χ3n) is 4.13. The third-order valence-corrected chi connectivity index (χ3v) is 4.13. The largest absolute Gasteiger partial charge is 0.478 e. The molecule has 1 aliphatic heterocycles. The smallest absolute Gasteiger partial charge is 0.328 e. The molecule has 0 bridgehead atoms. The number of nitrogens with zero attached hydrogens (tertiary/aromatic N) is 2. The number of anilines is 1. The van der Waals surface area contributed by atoms with Gasteiger partial charge < -0.3 is 10.0 Å². The molecule has 0 aromatic carbocycles. The van der Waals surface area contributed by atoms with E-state index in [0.29, 0.717) is 5.41 Å². The monoisotopic (exact) mass is 288 g/mol. The minimum absolute atomic E-state index is 0.410. The van der Waals surface area contributed by atoms with Crippen LogP contribution in [0, 0.1) is 12.3 Å². The number of rotatable bonds is 3. The molecule has 0 spiro atoms. The molecule has 1 saturated heterocycles. The number of aliphatic carboxylic acids is 1. The summed E-state index contributed by atoms with van der Waals surface area (Å²) in [5.74, 6) is 0.0895. The quantitative estimate of drug-likeness (QED) is 0.865. The summed E-state index contributed by atoms with van der Waals surface area (Å²) in [4.78, 5) is 17.5. The molecule has 4 heteroatoms. The molecule has 0 saturated carbocycles. The van der Waals surface area contributed by atoms with E-state index in [9.17, 15) is 4.79 Å². The summed E-state index contributed by atoms with van der Waals surface area (Å²) in [6.07, 6.45) is 8.09. The molecule has 2 heterocycles. The Hall–Kier alpha value is -1.84. The lowest BCUT2D eigenvalue weighted by atomic mass is 9.85.